The molecule has 4 rings (SSSR count). The van der Waals surface area contributed by atoms with Crippen molar-refractivity contribution in [2.24, 2.45) is 7.05 Å². The number of amides is 3. The summed E-state index contributed by atoms with van der Waals surface area (Å²) >= 11 is 0.861. The molecule has 2 aromatic carbocycles. The Kier molecular flexibility index (Phi) is 4.98. The lowest BCUT2D eigenvalue weighted by molar-refractivity contribution is -0.127. The second kappa shape index (κ2) is 7.60. The second-order valence-corrected chi connectivity index (χ2v) is 7.75. The van der Waals surface area contributed by atoms with Crippen LogP contribution in [-0.2, 0) is 16.6 Å². The van der Waals surface area contributed by atoms with Crippen molar-refractivity contribution in [3.8, 4) is 0 Å². The van der Waals surface area contributed by atoms with E-state index < -0.39 is 17.1 Å². The fourth-order valence-electron chi connectivity index (χ4n) is 3.37. The first-order valence-corrected chi connectivity index (χ1v) is 9.91. The maximum Gasteiger partial charge on any atom is 0.294 e. The Morgan fingerprint density at radius 2 is 1.76 bits per heavy atom. The van der Waals surface area contributed by atoms with E-state index in [4.69, 9.17) is 0 Å². The highest BCUT2D eigenvalue weighted by Crippen LogP contribution is 2.35. The molecule has 7 heteroatoms. The number of aryl methyl sites for hydroxylation is 1. The van der Waals surface area contributed by atoms with Crippen LogP contribution in [0.15, 0.2) is 59.5 Å². The number of carbonyl (C=O) groups excluding carboxylic acids is 3. The Morgan fingerprint density at radius 3 is 2.52 bits per heavy atom. The molecular weight excluding hydrogens is 386 g/mol. The number of anilines is 1. The van der Waals surface area contributed by atoms with E-state index in [0.717, 1.165) is 38.8 Å². The van der Waals surface area contributed by atoms with Gasteiger partial charge in [0, 0.05) is 34.9 Å². The molecule has 2 heterocycles. The summed E-state index contributed by atoms with van der Waals surface area (Å²) in [5.74, 6) is -0.864. The molecule has 0 spiro atoms. The van der Waals surface area contributed by atoms with Crippen molar-refractivity contribution in [1.82, 2.24) is 9.47 Å². The van der Waals surface area contributed by atoms with E-state index in [1.54, 1.807) is 30.3 Å². The average Bonchev–Trinajstić information content (AvgIpc) is 3.12. The van der Waals surface area contributed by atoms with Crippen molar-refractivity contribution in [2.45, 2.75) is 6.92 Å². The SMILES string of the molecule is Cc1c(/C=C2\SC(=O)N(CC(=O)Nc3ccccc3)C2=O)c2ccccc2n1C. The fraction of sp³-hybridized carbons (Fsp3) is 0.136. The van der Waals surface area contributed by atoms with Crippen molar-refractivity contribution in [3.05, 3.63) is 70.8 Å². The van der Waals surface area contributed by atoms with Crippen LogP contribution in [-0.4, -0.2) is 33.1 Å². The Balaban J connectivity index is 1.57. The van der Waals surface area contributed by atoms with Crippen LogP contribution in [0.5, 0.6) is 0 Å². The summed E-state index contributed by atoms with van der Waals surface area (Å²) in [6.07, 6.45) is 1.75. The Bertz CT molecular complexity index is 1160. The Labute approximate surface area is 172 Å². The van der Waals surface area contributed by atoms with Crippen LogP contribution in [0.25, 0.3) is 17.0 Å². The highest BCUT2D eigenvalue weighted by molar-refractivity contribution is 8.18. The third kappa shape index (κ3) is 3.56. The maximum absolute atomic E-state index is 12.8. The van der Waals surface area contributed by atoms with Gasteiger partial charge in [-0.05, 0) is 43.0 Å². The number of nitrogens with one attached hydrogen (secondary N) is 1. The van der Waals surface area contributed by atoms with Crippen molar-refractivity contribution < 1.29 is 14.4 Å². The van der Waals surface area contributed by atoms with Crippen LogP contribution >= 0.6 is 11.8 Å². The zero-order valence-electron chi connectivity index (χ0n) is 16.0. The first-order chi connectivity index (χ1) is 14.0. The molecule has 1 aliphatic heterocycles. The van der Waals surface area contributed by atoms with Gasteiger partial charge in [-0.3, -0.25) is 19.3 Å². The molecule has 0 saturated carbocycles. The first kappa shape index (κ1) is 19.0. The minimum absolute atomic E-state index is 0.314. The van der Waals surface area contributed by atoms with E-state index >= 15 is 0 Å². The summed E-state index contributed by atoms with van der Waals surface area (Å²) in [5, 5.41) is 3.27. The summed E-state index contributed by atoms with van der Waals surface area (Å²) in [6, 6.07) is 16.8. The quantitative estimate of drug-likeness (QED) is 0.662. The number of hydrogen-bond acceptors (Lipinski definition) is 4. The molecule has 29 heavy (non-hydrogen) atoms. The molecule has 0 bridgehead atoms. The first-order valence-electron chi connectivity index (χ1n) is 9.10. The number of hydrogen-bond donors (Lipinski definition) is 1. The number of thioether (sulfide) groups is 1. The van der Waals surface area contributed by atoms with Crippen LogP contribution < -0.4 is 5.32 Å². The lowest BCUT2D eigenvalue weighted by Crippen LogP contribution is -2.36. The van der Waals surface area contributed by atoms with E-state index in [0.29, 0.717) is 10.6 Å². The Hall–Kier alpha value is -3.32. The van der Waals surface area contributed by atoms with Gasteiger partial charge in [0.2, 0.25) is 5.91 Å². The zero-order chi connectivity index (χ0) is 20.5. The van der Waals surface area contributed by atoms with Gasteiger partial charge in [0.25, 0.3) is 11.1 Å². The number of fused-ring (bicyclic) bond motifs is 1. The van der Waals surface area contributed by atoms with E-state index in [2.05, 4.69) is 9.88 Å². The molecule has 1 saturated heterocycles. The minimum Gasteiger partial charge on any atom is -0.347 e. The largest absolute Gasteiger partial charge is 0.347 e. The molecule has 6 nitrogen and oxygen atoms in total. The summed E-state index contributed by atoms with van der Waals surface area (Å²) in [5.41, 5.74) is 3.58. The molecular formula is C22H19N3O3S. The average molecular weight is 405 g/mol. The maximum atomic E-state index is 12.8. The third-order valence-electron chi connectivity index (χ3n) is 4.96. The van der Waals surface area contributed by atoms with Crippen molar-refractivity contribution in [2.75, 3.05) is 11.9 Å². The molecule has 3 amide bonds. The molecule has 1 aromatic heterocycles. The molecule has 3 aromatic rings. The molecule has 146 valence electrons. The number of para-hydroxylation sites is 2. The van der Waals surface area contributed by atoms with Gasteiger partial charge in [0.05, 0.1) is 4.91 Å². The summed E-state index contributed by atoms with van der Waals surface area (Å²) < 4.78 is 2.05. The van der Waals surface area contributed by atoms with Gasteiger partial charge in [-0.15, -0.1) is 0 Å². The van der Waals surface area contributed by atoms with Crippen molar-refractivity contribution in [3.63, 3.8) is 0 Å². The number of aromatic nitrogens is 1. The third-order valence-corrected chi connectivity index (χ3v) is 5.86. The smallest absolute Gasteiger partial charge is 0.294 e. The second-order valence-electron chi connectivity index (χ2n) is 6.76. The topological polar surface area (TPSA) is 71.4 Å². The molecule has 1 fully saturated rings. The zero-order valence-corrected chi connectivity index (χ0v) is 16.8. The summed E-state index contributed by atoms with van der Waals surface area (Å²) in [6.45, 7) is 1.66. The number of imide groups is 1. The number of carbonyl (C=O) groups is 3. The number of nitrogens with zero attached hydrogens (tertiary/aromatic N) is 2. The summed E-state index contributed by atoms with van der Waals surface area (Å²) in [4.78, 5) is 38.7. The highest BCUT2D eigenvalue weighted by Gasteiger charge is 2.36. The Morgan fingerprint density at radius 1 is 1.07 bits per heavy atom. The van der Waals surface area contributed by atoms with Crippen LogP contribution in [0.4, 0.5) is 10.5 Å². The van der Waals surface area contributed by atoms with Crippen molar-refractivity contribution in [1.29, 1.82) is 0 Å². The molecule has 0 atom stereocenters. The molecule has 1 aliphatic rings. The lowest BCUT2D eigenvalue weighted by atomic mass is 10.1. The predicted molar refractivity (Wildman–Crippen MR) is 115 cm³/mol. The lowest BCUT2D eigenvalue weighted by Gasteiger charge is -2.12. The van der Waals surface area contributed by atoms with E-state index in [1.807, 2.05) is 44.3 Å². The standard InChI is InChI=1S/C22H19N3O3S/c1-14-17(16-10-6-7-11-18(16)24(14)2)12-19-21(27)25(22(28)29-19)13-20(26)23-15-8-4-3-5-9-15/h3-12H,13H2,1-2H3,(H,23,26)/b19-12-. The number of rotatable bonds is 4. The summed E-state index contributed by atoms with van der Waals surface area (Å²) in [7, 11) is 1.97. The van der Waals surface area contributed by atoms with Gasteiger partial charge < -0.3 is 9.88 Å². The van der Waals surface area contributed by atoms with Crippen LogP contribution in [0, 0.1) is 6.92 Å². The molecule has 0 aliphatic carbocycles. The van der Waals surface area contributed by atoms with Gasteiger partial charge in [-0.25, -0.2) is 0 Å². The van der Waals surface area contributed by atoms with Crippen molar-refractivity contribution >= 4 is 51.5 Å². The van der Waals surface area contributed by atoms with Gasteiger partial charge in [-0.1, -0.05) is 36.4 Å². The van der Waals surface area contributed by atoms with Crippen LogP contribution in [0.2, 0.25) is 0 Å². The van der Waals surface area contributed by atoms with Crippen LogP contribution in [0.3, 0.4) is 0 Å². The van der Waals surface area contributed by atoms with Gasteiger partial charge >= 0.3 is 0 Å². The van der Waals surface area contributed by atoms with Gasteiger partial charge in [0.15, 0.2) is 0 Å². The highest BCUT2D eigenvalue weighted by atomic mass is 32.2. The number of benzene rings is 2. The van der Waals surface area contributed by atoms with E-state index in [-0.39, 0.29) is 6.54 Å². The monoisotopic (exact) mass is 405 g/mol. The normalized spacial score (nSPS) is 15.5. The van der Waals surface area contributed by atoms with E-state index in [1.165, 1.54) is 0 Å². The predicted octanol–water partition coefficient (Wildman–Crippen LogP) is 4.16. The molecule has 0 unspecified atom stereocenters. The molecule has 0 radical (unpaired) electrons. The van der Waals surface area contributed by atoms with Gasteiger partial charge in [0.1, 0.15) is 6.54 Å². The van der Waals surface area contributed by atoms with Crippen LogP contribution in [0.1, 0.15) is 11.3 Å². The van der Waals surface area contributed by atoms with Gasteiger partial charge in [-0.2, -0.15) is 0 Å². The fourth-order valence-corrected chi connectivity index (χ4v) is 4.19. The van der Waals surface area contributed by atoms with E-state index in [9.17, 15) is 14.4 Å². The molecule has 1 N–H and O–H groups in total. The minimum atomic E-state index is -0.449.